The SMILES string of the molecule is COc1cccc(CO[C@@H](CN2CCN(S(=O)(=O)c3ccc4ccccc4c3)CC2)c2ccc(Cl)cc2)c1. The number of sulfonamides is 1. The van der Waals surface area contributed by atoms with E-state index in [2.05, 4.69) is 4.90 Å². The van der Waals surface area contributed by atoms with Crippen molar-refractivity contribution in [2.45, 2.75) is 17.6 Å². The average Bonchev–Trinajstić information content (AvgIpc) is 2.96. The summed E-state index contributed by atoms with van der Waals surface area (Å²) >= 11 is 6.13. The van der Waals surface area contributed by atoms with E-state index in [4.69, 9.17) is 21.1 Å². The molecule has 0 N–H and O–H groups in total. The second-order valence-electron chi connectivity index (χ2n) is 9.42. The van der Waals surface area contributed by atoms with Gasteiger partial charge in [0.2, 0.25) is 10.0 Å². The molecule has 1 aliphatic heterocycles. The summed E-state index contributed by atoms with van der Waals surface area (Å²) in [4.78, 5) is 2.60. The Kier molecular flexibility index (Phi) is 8.31. The van der Waals surface area contributed by atoms with Crippen molar-refractivity contribution in [3.05, 3.63) is 107 Å². The molecule has 0 saturated carbocycles. The van der Waals surface area contributed by atoms with Gasteiger partial charge in [0, 0.05) is 37.7 Å². The van der Waals surface area contributed by atoms with E-state index in [1.165, 1.54) is 0 Å². The van der Waals surface area contributed by atoms with Crippen LogP contribution >= 0.6 is 11.6 Å². The highest BCUT2D eigenvalue weighted by molar-refractivity contribution is 7.89. The van der Waals surface area contributed by atoms with E-state index in [-0.39, 0.29) is 6.10 Å². The van der Waals surface area contributed by atoms with E-state index < -0.39 is 10.0 Å². The van der Waals surface area contributed by atoms with Crippen molar-refractivity contribution < 1.29 is 17.9 Å². The summed E-state index contributed by atoms with van der Waals surface area (Å²) in [6, 6.07) is 28.7. The van der Waals surface area contributed by atoms with Gasteiger partial charge in [0.05, 0.1) is 24.7 Å². The number of piperazine rings is 1. The lowest BCUT2D eigenvalue weighted by Crippen LogP contribution is -2.49. The number of rotatable bonds is 9. The zero-order valence-electron chi connectivity index (χ0n) is 21.3. The summed E-state index contributed by atoms with van der Waals surface area (Å²) in [5, 5.41) is 2.62. The Labute approximate surface area is 229 Å². The van der Waals surface area contributed by atoms with Gasteiger partial charge in [0.15, 0.2) is 0 Å². The van der Waals surface area contributed by atoms with Crippen molar-refractivity contribution in [1.82, 2.24) is 9.21 Å². The summed E-state index contributed by atoms with van der Waals surface area (Å²) in [5.41, 5.74) is 2.05. The summed E-state index contributed by atoms with van der Waals surface area (Å²) < 4.78 is 40.1. The van der Waals surface area contributed by atoms with Crippen molar-refractivity contribution in [1.29, 1.82) is 0 Å². The maximum atomic E-state index is 13.4. The van der Waals surface area contributed by atoms with Crippen LogP contribution in [-0.4, -0.2) is 57.5 Å². The van der Waals surface area contributed by atoms with Crippen molar-refractivity contribution >= 4 is 32.4 Å². The van der Waals surface area contributed by atoms with E-state index in [0.29, 0.717) is 49.2 Å². The van der Waals surface area contributed by atoms with Gasteiger partial charge in [-0.2, -0.15) is 4.31 Å². The number of methoxy groups -OCH3 is 1. The Morgan fingerprint density at radius 3 is 2.32 bits per heavy atom. The molecule has 0 radical (unpaired) electrons. The van der Waals surface area contributed by atoms with Crippen molar-refractivity contribution in [2.75, 3.05) is 39.8 Å². The van der Waals surface area contributed by atoms with Gasteiger partial charge in [-0.25, -0.2) is 8.42 Å². The largest absolute Gasteiger partial charge is 0.497 e. The fraction of sp³-hybridized carbons (Fsp3) is 0.267. The molecule has 6 nitrogen and oxygen atoms in total. The van der Waals surface area contributed by atoms with E-state index >= 15 is 0 Å². The van der Waals surface area contributed by atoms with Crippen molar-refractivity contribution in [2.24, 2.45) is 0 Å². The summed E-state index contributed by atoms with van der Waals surface area (Å²) in [7, 11) is -1.92. The molecule has 5 rings (SSSR count). The Bertz CT molecular complexity index is 1490. The Hall–Kier alpha value is -2.94. The average molecular weight is 551 g/mol. The number of nitrogens with zero attached hydrogens (tertiary/aromatic N) is 2. The van der Waals surface area contributed by atoms with Crippen LogP contribution in [0.2, 0.25) is 5.02 Å². The van der Waals surface area contributed by atoms with Gasteiger partial charge in [-0.1, -0.05) is 66.2 Å². The van der Waals surface area contributed by atoms with Gasteiger partial charge >= 0.3 is 0 Å². The number of benzene rings is 4. The molecule has 0 spiro atoms. The third-order valence-electron chi connectivity index (χ3n) is 6.94. The summed E-state index contributed by atoms with van der Waals surface area (Å²) in [5.74, 6) is 0.790. The molecule has 1 heterocycles. The molecule has 0 aliphatic carbocycles. The van der Waals surface area contributed by atoms with Crippen LogP contribution in [0.3, 0.4) is 0 Å². The number of hydrogen-bond acceptors (Lipinski definition) is 5. The number of fused-ring (bicyclic) bond motifs is 1. The predicted octanol–water partition coefficient (Wildman–Crippen LogP) is 5.77. The standard InChI is InChI=1S/C30H31ClN2O4S/c1-36-28-8-4-5-23(19-28)22-37-30(25-9-12-27(31)13-10-25)21-32-15-17-33(18-16-32)38(34,35)29-14-11-24-6-2-3-7-26(24)20-29/h2-14,19-20,30H,15-18,21-22H2,1H3/t30-/m0/s1. The second-order valence-corrected chi connectivity index (χ2v) is 11.8. The second kappa shape index (κ2) is 11.8. The number of ether oxygens (including phenoxy) is 2. The van der Waals surface area contributed by atoms with Crippen LogP contribution in [0.25, 0.3) is 10.8 Å². The maximum Gasteiger partial charge on any atom is 0.243 e. The molecule has 0 amide bonds. The topological polar surface area (TPSA) is 59.1 Å². The Morgan fingerprint density at radius 2 is 1.58 bits per heavy atom. The molecule has 1 fully saturated rings. The molecule has 0 aromatic heterocycles. The number of hydrogen-bond donors (Lipinski definition) is 0. The van der Waals surface area contributed by atoms with Crippen LogP contribution in [-0.2, 0) is 21.4 Å². The molecule has 8 heteroatoms. The fourth-order valence-corrected chi connectivity index (χ4v) is 6.34. The van der Waals surface area contributed by atoms with Crippen LogP contribution < -0.4 is 4.74 Å². The zero-order valence-corrected chi connectivity index (χ0v) is 22.9. The first-order valence-corrected chi connectivity index (χ1v) is 14.5. The molecule has 1 saturated heterocycles. The number of halogens is 1. The lowest BCUT2D eigenvalue weighted by atomic mass is 10.1. The molecule has 0 bridgehead atoms. The van der Waals surface area contributed by atoms with Gasteiger partial charge in [-0.3, -0.25) is 4.90 Å². The van der Waals surface area contributed by atoms with Gasteiger partial charge in [-0.05, 0) is 58.3 Å². The molecule has 4 aromatic carbocycles. The quantitative estimate of drug-likeness (QED) is 0.265. The van der Waals surface area contributed by atoms with Crippen molar-refractivity contribution in [3.8, 4) is 5.75 Å². The molecular formula is C30H31ClN2O4S. The highest BCUT2D eigenvalue weighted by Gasteiger charge is 2.30. The first-order chi connectivity index (χ1) is 18.4. The smallest absolute Gasteiger partial charge is 0.243 e. The van der Waals surface area contributed by atoms with E-state index in [1.54, 1.807) is 23.5 Å². The normalized spacial score (nSPS) is 15.9. The van der Waals surface area contributed by atoms with E-state index in [0.717, 1.165) is 27.6 Å². The molecule has 0 unspecified atom stereocenters. The third-order valence-corrected chi connectivity index (χ3v) is 9.09. The lowest BCUT2D eigenvalue weighted by Gasteiger charge is -2.36. The zero-order chi connectivity index (χ0) is 26.5. The Morgan fingerprint density at radius 1 is 0.842 bits per heavy atom. The fourth-order valence-electron chi connectivity index (χ4n) is 4.75. The monoisotopic (exact) mass is 550 g/mol. The Balaban J connectivity index is 1.25. The first-order valence-electron chi connectivity index (χ1n) is 12.6. The van der Waals surface area contributed by atoms with E-state index in [9.17, 15) is 8.42 Å². The van der Waals surface area contributed by atoms with Crippen molar-refractivity contribution in [3.63, 3.8) is 0 Å². The van der Waals surface area contributed by atoms with Gasteiger partial charge in [0.1, 0.15) is 5.75 Å². The summed E-state index contributed by atoms with van der Waals surface area (Å²) in [6.07, 6.45) is -0.192. The van der Waals surface area contributed by atoms with Gasteiger partial charge in [-0.15, -0.1) is 0 Å². The first kappa shape index (κ1) is 26.7. The molecular weight excluding hydrogens is 520 g/mol. The van der Waals surface area contributed by atoms with Gasteiger partial charge in [0.25, 0.3) is 0 Å². The highest BCUT2D eigenvalue weighted by atomic mass is 35.5. The van der Waals surface area contributed by atoms with E-state index in [1.807, 2.05) is 78.9 Å². The van der Waals surface area contributed by atoms with Crippen LogP contribution in [0.4, 0.5) is 0 Å². The van der Waals surface area contributed by atoms with Crippen LogP contribution in [0, 0.1) is 0 Å². The molecule has 1 atom stereocenters. The summed E-state index contributed by atoms with van der Waals surface area (Å²) in [6.45, 7) is 3.19. The molecule has 1 aliphatic rings. The molecule has 4 aromatic rings. The van der Waals surface area contributed by atoms with Crippen LogP contribution in [0.15, 0.2) is 95.9 Å². The van der Waals surface area contributed by atoms with Crippen LogP contribution in [0.1, 0.15) is 17.2 Å². The molecule has 38 heavy (non-hydrogen) atoms. The van der Waals surface area contributed by atoms with Crippen LogP contribution in [0.5, 0.6) is 5.75 Å². The predicted molar refractivity (Wildman–Crippen MR) is 151 cm³/mol. The lowest BCUT2D eigenvalue weighted by molar-refractivity contribution is 0.00767. The maximum absolute atomic E-state index is 13.4. The van der Waals surface area contributed by atoms with Gasteiger partial charge < -0.3 is 9.47 Å². The minimum atomic E-state index is -3.57. The molecule has 198 valence electrons. The third kappa shape index (κ3) is 6.20. The minimum absolute atomic E-state index is 0.192. The minimum Gasteiger partial charge on any atom is -0.497 e. The highest BCUT2D eigenvalue weighted by Crippen LogP contribution is 2.26.